The smallest absolute Gasteiger partial charge is 0.253 e. The molecule has 0 fully saturated rings. The molecule has 0 bridgehead atoms. The number of nitrogens with zero attached hydrogens (tertiary/aromatic N) is 1. The van der Waals surface area contributed by atoms with E-state index in [9.17, 15) is 4.79 Å². The summed E-state index contributed by atoms with van der Waals surface area (Å²) in [4.78, 5) is 14.6. The van der Waals surface area contributed by atoms with Crippen LogP contribution in [0, 0.1) is 0 Å². The van der Waals surface area contributed by atoms with Crippen molar-refractivity contribution in [3.63, 3.8) is 0 Å². The van der Waals surface area contributed by atoms with Crippen LogP contribution in [0.15, 0.2) is 24.3 Å². The minimum atomic E-state index is 0.00127. The summed E-state index contributed by atoms with van der Waals surface area (Å²) in [5.74, 6) is 0.00127. The highest BCUT2D eigenvalue weighted by molar-refractivity contribution is 7.80. The maximum Gasteiger partial charge on any atom is 0.253 e. The fourth-order valence-corrected chi connectivity index (χ4v) is 1.90. The van der Waals surface area contributed by atoms with Gasteiger partial charge in [-0.05, 0) is 30.7 Å². The number of rotatable bonds is 7. The molecule has 5 heteroatoms. The van der Waals surface area contributed by atoms with Crippen LogP contribution in [0.25, 0.3) is 0 Å². The number of amides is 1. The second-order valence-electron chi connectivity index (χ2n) is 4.37. The molecule has 2 N–H and O–H groups in total. The molecule has 0 unspecified atom stereocenters. The Bertz CT molecular complexity index is 434. The number of nitrogens with two attached hydrogens (primary N) is 1. The maximum atomic E-state index is 12.4. The highest BCUT2D eigenvalue weighted by atomic mass is 35.5. The molecule has 0 aliphatic heterocycles. The fraction of sp³-hybridized carbons (Fsp3) is 0.429. The molecule has 0 aliphatic rings. The Labute approximate surface area is 124 Å². The van der Waals surface area contributed by atoms with Crippen LogP contribution in [0.4, 0.5) is 0 Å². The van der Waals surface area contributed by atoms with Gasteiger partial charge in [-0.2, -0.15) is 0 Å². The normalized spacial score (nSPS) is 10.2. The van der Waals surface area contributed by atoms with Crippen molar-refractivity contribution in [1.29, 1.82) is 0 Å². The van der Waals surface area contributed by atoms with Crippen LogP contribution < -0.4 is 5.73 Å². The molecule has 0 radical (unpaired) electrons. The quantitative estimate of drug-likeness (QED) is 0.786. The van der Waals surface area contributed by atoms with Gasteiger partial charge >= 0.3 is 0 Å². The lowest BCUT2D eigenvalue weighted by Gasteiger charge is -2.22. The molecule has 0 saturated carbocycles. The Balaban J connectivity index is 2.74. The van der Waals surface area contributed by atoms with E-state index in [0.717, 1.165) is 19.4 Å². The summed E-state index contributed by atoms with van der Waals surface area (Å²) in [6.07, 6.45) is 2.56. The first-order valence-corrected chi connectivity index (χ1v) is 7.16. The van der Waals surface area contributed by atoms with E-state index in [2.05, 4.69) is 6.92 Å². The van der Waals surface area contributed by atoms with Gasteiger partial charge in [-0.1, -0.05) is 37.2 Å². The molecule has 1 aromatic rings. The third-order valence-corrected chi connectivity index (χ3v) is 3.24. The fourth-order valence-electron chi connectivity index (χ4n) is 1.68. The van der Waals surface area contributed by atoms with Crippen molar-refractivity contribution >= 4 is 34.7 Å². The van der Waals surface area contributed by atoms with Crippen molar-refractivity contribution in [3.05, 3.63) is 34.9 Å². The second kappa shape index (κ2) is 8.12. The lowest BCUT2D eigenvalue weighted by Crippen LogP contribution is -2.34. The Morgan fingerprint density at radius 1 is 1.32 bits per heavy atom. The average Bonchev–Trinajstić information content (AvgIpc) is 2.39. The molecule has 1 aromatic carbocycles. The van der Waals surface area contributed by atoms with Crippen molar-refractivity contribution in [2.45, 2.75) is 26.2 Å². The van der Waals surface area contributed by atoms with Crippen LogP contribution in [0.5, 0.6) is 0 Å². The Morgan fingerprint density at radius 2 is 1.95 bits per heavy atom. The second-order valence-corrected chi connectivity index (χ2v) is 5.33. The average molecular weight is 299 g/mol. The largest absolute Gasteiger partial charge is 0.393 e. The molecule has 0 heterocycles. The van der Waals surface area contributed by atoms with Gasteiger partial charge in [0.05, 0.1) is 4.99 Å². The van der Waals surface area contributed by atoms with Crippen LogP contribution in [-0.2, 0) is 0 Å². The molecular formula is C14H19ClN2OS. The van der Waals surface area contributed by atoms with Crippen molar-refractivity contribution in [1.82, 2.24) is 4.90 Å². The number of unbranched alkanes of at least 4 members (excludes halogenated alkanes) is 1. The van der Waals surface area contributed by atoms with Gasteiger partial charge in [0.25, 0.3) is 5.91 Å². The number of halogens is 1. The zero-order valence-electron chi connectivity index (χ0n) is 11.1. The van der Waals surface area contributed by atoms with Crippen LogP contribution in [0.3, 0.4) is 0 Å². The number of hydrogen-bond donors (Lipinski definition) is 1. The third kappa shape index (κ3) is 5.57. The summed E-state index contributed by atoms with van der Waals surface area (Å²) < 4.78 is 0. The van der Waals surface area contributed by atoms with Crippen molar-refractivity contribution in [3.8, 4) is 0 Å². The van der Waals surface area contributed by atoms with E-state index < -0.39 is 0 Å². The summed E-state index contributed by atoms with van der Waals surface area (Å²) in [6, 6.07) is 6.93. The van der Waals surface area contributed by atoms with Gasteiger partial charge in [0.1, 0.15) is 0 Å². The number of carbonyl (C=O) groups excluding carboxylic acids is 1. The maximum absolute atomic E-state index is 12.4. The molecule has 0 saturated heterocycles. The predicted octanol–water partition coefficient (Wildman–Crippen LogP) is 3.26. The zero-order chi connectivity index (χ0) is 14.3. The van der Waals surface area contributed by atoms with Gasteiger partial charge in [0.2, 0.25) is 0 Å². The Hall–Kier alpha value is -1.13. The van der Waals surface area contributed by atoms with Gasteiger partial charge in [-0.25, -0.2) is 0 Å². The number of carbonyl (C=O) groups is 1. The monoisotopic (exact) mass is 298 g/mol. The molecule has 1 rings (SSSR count). The number of benzene rings is 1. The minimum Gasteiger partial charge on any atom is -0.393 e. The highest BCUT2D eigenvalue weighted by Gasteiger charge is 2.15. The standard InChI is InChI=1S/C14H19ClN2OS/c1-2-3-9-17(10-8-13(16)19)14(18)11-4-6-12(15)7-5-11/h4-7H,2-3,8-10H2,1H3,(H2,16,19). The molecule has 0 atom stereocenters. The van der Waals surface area contributed by atoms with Gasteiger partial charge in [-0.3, -0.25) is 4.79 Å². The zero-order valence-corrected chi connectivity index (χ0v) is 12.6. The van der Waals surface area contributed by atoms with E-state index >= 15 is 0 Å². The molecular weight excluding hydrogens is 280 g/mol. The molecule has 3 nitrogen and oxygen atoms in total. The lowest BCUT2D eigenvalue weighted by atomic mass is 10.2. The van der Waals surface area contributed by atoms with Crippen LogP contribution in [0.1, 0.15) is 36.5 Å². The first-order valence-electron chi connectivity index (χ1n) is 6.37. The minimum absolute atomic E-state index is 0.00127. The first-order chi connectivity index (χ1) is 9.04. The third-order valence-electron chi connectivity index (χ3n) is 2.79. The molecule has 0 aliphatic carbocycles. The SMILES string of the molecule is CCCCN(CCC(N)=S)C(=O)c1ccc(Cl)cc1. The summed E-state index contributed by atoms with van der Waals surface area (Å²) in [5.41, 5.74) is 6.15. The van der Waals surface area contributed by atoms with E-state index in [-0.39, 0.29) is 5.91 Å². The van der Waals surface area contributed by atoms with E-state index in [1.165, 1.54) is 0 Å². The highest BCUT2D eigenvalue weighted by Crippen LogP contribution is 2.12. The van der Waals surface area contributed by atoms with Crippen molar-refractivity contribution in [2.75, 3.05) is 13.1 Å². The van der Waals surface area contributed by atoms with E-state index in [4.69, 9.17) is 29.6 Å². The van der Waals surface area contributed by atoms with Gasteiger partial charge in [0.15, 0.2) is 0 Å². The van der Waals surface area contributed by atoms with Crippen LogP contribution in [-0.4, -0.2) is 28.9 Å². The van der Waals surface area contributed by atoms with Crippen molar-refractivity contribution < 1.29 is 4.79 Å². The topological polar surface area (TPSA) is 46.3 Å². The summed E-state index contributed by atoms with van der Waals surface area (Å²) in [5, 5.41) is 0.625. The Morgan fingerprint density at radius 3 is 2.47 bits per heavy atom. The van der Waals surface area contributed by atoms with E-state index in [1.807, 2.05) is 0 Å². The lowest BCUT2D eigenvalue weighted by molar-refractivity contribution is 0.0758. The molecule has 0 spiro atoms. The van der Waals surface area contributed by atoms with E-state index in [0.29, 0.717) is 28.5 Å². The van der Waals surface area contributed by atoms with Gasteiger partial charge in [-0.15, -0.1) is 0 Å². The predicted molar refractivity (Wildman–Crippen MR) is 83.7 cm³/mol. The molecule has 0 aromatic heterocycles. The Kier molecular flexibility index (Phi) is 6.81. The number of thiocarbonyl (C=S) groups is 1. The molecule has 104 valence electrons. The van der Waals surface area contributed by atoms with Crippen molar-refractivity contribution in [2.24, 2.45) is 5.73 Å². The summed E-state index contributed by atoms with van der Waals surface area (Å²) in [7, 11) is 0. The van der Waals surface area contributed by atoms with Gasteiger partial charge < -0.3 is 10.6 Å². The van der Waals surface area contributed by atoms with Crippen LogP contribution in [0.2, 0.25) is 5.02 Å². The first kappa shape index (κ1) is 15.9. The summed E-state index contributed by atoms with van der Waals surface area (Å²) >= 11 is 10.7. The van der Waals surface area contributed by atoms with Crippen LogP contribution >= 0.6 is 23.8 Å². The van der Waals surface area contributed by atoms with Gasteiger partial charge in [0, 0.05) is 30.1 Å². The number of hydrogen-bond acceptors (Lipinski definition) is 2. The molecule has 1 amide bonds. The summed E-state index contributed by atoms with van der Waals surface area (Å²) in [6.45, 7) is 3.38. The molecule has 19 heavy (non-hydrogen) atoms. The van der Waals surface area contributed by atoms with E-state index in [1.54, 1.807) is 29.2 Å².